The van der Waals surface area contributed by atoms with E-state index in [9.17, 15) is 24.3 Å². The van der Waals surface area contributed by atoms with Crippen LogP contribution in [-0.2, 0) is 38.1 Å². The maximum atomic E-state index is 14.5. The number of hydrogen-bond acceptors (Lipinski definition) is 10. The average Bonchev–Trinajstić information content (AvgIpc) is 4.18. The van der Waals surface area contributed by atoms with Gasteiger partial charge in [0.25, 0.3) is 0 Å². The molecular formula is C50H68N2O10. The first kappa shape index (κ1) is 43.7. The van der Waals surface area contributed by atoms with Gasteiger partial charge in [-0.3, -0.25) is 14.4 Å². The number of esters is 2. The van der Waals surface area contributed by atoms with Crippen LogP contribution in [0.1, 0.15) is 147 Å². The van der Waals surface area contributed by atoms with Crippen molar-refractivity contribution in [1.29, 1.82) is 0 Å². The number of nitrogens with zero attached hydrogens (tertiary/aromatic N) is 1. The fourth-order valence-electron chi connectivity index (χ4n) is 11.6. The molecule has 7 fully saturated rings. The third-order valence-electron chi connectivity index (χ3n) is 15.3. The predicted molar refractivity (Wildman–Crippen MR) is 230 cm³/mol. The third-order valence-corrected chi connectivity index (χ3v) is 15.3. The van der Waals surface area contributed by atoms with Crippen LogP contribution in [0.5, 0.6) is 0 Å². The number of carbonyl (C=O) groups excluding carboxylic acids is 4. The van der Waals surface area contributed by atoms with Crippen molar-refractivity contribution in [2.75, 3.05) is 13.2 Å². The lowest BCUT2D eigenvalue weighted by Gasteiger charge is -2.53. The Balaban J connectivity index is 0.911. The molecule has 1 aromatic carbocycles. The highest BCUT2D eigenvalue weighted by atomic mass is 16.8. The summed E-state index contributed by atoms with van der Waals surface area (Å²) in [6, 6.07) is 6.26. The molecule has 62 heavy (non-hydrogen) atoms. The van der Waals surface area contributed by atoms with Crippen molar-refractivity contribution in [1.82, 2.24) is 10.2 Å². The molecule has 9 atom stereocenters. The van der Waals surface area contributed by atoms with Crippen molar-refractivity contribution in [2.45, 2.75) is 185 Å². The molecule has 9 rings (SSSR count). The van der Waals surface area contributed by atoms with Gasteiger partial charge in [0.15, 0.2) is 5.79 Å². The van der Waals surface area contributed by atoms with Crippen molar-refractivity contribution < 1.29 is 48.0 Å². The van der Waals surface area contributed by atoms with E-state index in [2.05, 4.69) is 38.2 Å². The molecule has 0 bridgehead atoms. The zero-order valence-corrected chi connectivity index (χ0v) is 37.6. The molecular weight excluding hydrogens is 789 g/mol. The Labute approximate surface area is 366 Å². The molecule has 338 valence electrons. The van der Waals surface area contributed by atoms with Gasteiger partial charge >= 0.3 is 11.9 Å². The van der Waals surface area contributed by atoms with Crippen LogP contribution in [0.3, 0.4) is 0 Å². The zero-order chi connectivity index (χ0) is 43.8. The molecule has 8 aliphatic rings. The minimum atomic E-state index is -0.778. The van der Waals surface area contributed by atoms with Gasteiger partial charge in [-0.2, -0.15) is 0 Å². The monoisotopic (exact) mass is 856 g/mol. The highest BCUT2D eigenvalue weighted by Gasteiger charge is 2.65. The number of fused-ring (bicyclic) bond motifs is 3. The Hall–Kier alpha value is -3.58. The Bertz CT molecular complexity index is 1980. The number of hydrogen-bond donors (Lipinski definition) is 2. The first-order valence-corrected chi connectivity index (χ1v) is 23.6. The maximum absolute atomic E-state index is 14.5. The quantitative estimate of drug-likeness (QED) is 0.163. The van der Waals surface area contributed by atoms with Crippen molar-refractivity contribution in [2.24, 2.45) is 29.1 Å². The van der Waals surface area contributed by atoms with Crippen molar-refractivity contribution >= 4 is 29.8 Å². The largest absolute Gasteiger partial charge is 0.460 e. The van der Waals surface area contributed by atoms with E-state index in [4.69, 9.17) is 23.7 Å². The highest BCUT2D eigenvalue weighted by molar-refractivity contribution is 5.98. The number of rotatable bonds is 12. The second-order valence-electron chi connectivity index (χ2n) is 21.7. The summed E-state index contributed by atoms with van der Waals surface area (Å²) in [5.74, 6) is -0.617. The van der Waals surface area contributed by atoms with Gasteiger partial charge in [-0.05, 0) is 146 Å². The predicted octanol–water partition coefficient (Wildman–Crippen LogP) is 7.21. The van der Waals surface area contributed by atoms with Crippen LogP contribution in [0.4, 0.5) is 0 Å². The summed E-state index contributed by atoms with van der Waals surface area (Å²) < 4.78 is 31.7. The van der Waals surface area contributed by atoms with E-state index in [1.807, 2.05) is 18.2 Å². The van der Waals surface area contributed by atoms with Crippen LogP contribution in [-0.4, -0.2) is 100 Å². The van der Waals surface area contributed by atoms with E-state index in [0.29, 0.717) is 53.9 Å². The normalized spacial score (nSPS) is 34.5. The first-order chi connectivity index (χ1) is 29.4. The van der Waals surface area contributed by atoms with Crippen molar-refractivity contribution in [3.8, 4) is 0 Å². The lowest BCUT2D eigenvalue weighted by Crippen LogP contribution is -2.51. The summed E-state index contributed by atoms with van der Waals surface area (Å²) in [5, 5.41) is 13.0. The van der Waals surface area contributed by atoms with Crippen LogP contribution < -0.4 is 5.32 Å². The number of aliphatic hydroxyl groups excluding tert-OH is 1. The maximum Gasteiger partial charge on any atom is 0.338 e. The molecule has 0 spiro atoms. The topological polar surface area (TPSA) is 153 Å². The Morgan fingerprint density at radius 3 is 2.45 bits per heavy atom. The molecule has 0 aromatic heterocycles. The summed E-state index contributed by atoms with van der Waals surface area (Å²) in [5.41, 5.74) is 2.97. The molecule has 0 radical (unpaired) electrons. The van der Waals surface area contributed by atoms with E-state index in [1.54, 1.807) is 31.7 Å². The first-order valence-electron chi connectivity index (χ1n) is 23.6. The van der Waals surface area contributed by atoms with Crippen molar-refractivity contribution in [3.05, 3.63) is 52.6 Å². The molecule has 12 nitrogen and oxygen atoms in total. The van der Waals surface area contributed by atoms with Crippen LogP contribution in [0, 0.1) is 29.1 Å². The summed E-state index contributed by atoms with van der Waals surface area (Å²) in [6.07, 6.45) is 13.5. The second kappa shape index (κ2) is 16.4. The number of ether oxygens (including phenoxy) is 5. The number of nitrogens with one attached hydrogen (secondary N) is 1. The molecule has 3 saturated heterocycles. The Morgan fingerprint density at radius 1 is 1.00 bits per heavy atom. The fourth-order valence-corrected chi connectivity index (χ4v) is 11.6. The molecule has 3 aliphatic heterocycles. The number of aliphatic hydroxyl groups is 1. The highest BCUT2D eigenvalue weighted by Crippen LogP contribution is 2.61. The smallest absolute Gasteiger partial charge is 0.338 e. The molecule has 1 unspecified atom stereocenters. The number of carbonyl (C=O) groups is 4. The SMILES string of the molecule is CC(C)(C)OC(=O)CC[C@@H](CO)NC(=O)[C@H]1CCCN1C(=O)C1=C[C@H]2OC(C3CC3)(C3CC3)O[C@H]2[C@H](OC(=O)c2cccc(C=C3CCC4O[C@]4(C)CC[C@@H]4[C@@H]3CC4(C)C)c2)C1. The second-order valence-corrected chi connectivity index (χ2v) is 21.7. The summed E-state index contributed by atoms with van der Waals surface area (Å²) >= 11 is 0. The number of amides is 2. The minimum Gasteiger partial charge on any atom is -0.460 e. The van der Waals surface area contributed by atoms with Gasteiger partial charge in [0, 0.05) is 36.8 Å². The van der Waals surface area contributed by atoms with Gasteiger partial charge in [0.2, 0.25) is 11.8 Å². The molecule has 2 amide bonds. The zero-order valence-electron chi connectivity index (χ0n) is 37.6. The van der Waals surface area contributed by atoms with E-state index in [1.165, 1.54) is 18.4 Å². The summed E-state index contributed by atoms with van der Waals surface area (Å²) in [4.78, 5) is 56.4. The summed E-state index contributed by atoms with van der Waals surface area (Å²) in [6.45, 7) is 12.4. The minimum absolute atomic E-state index is 0.0124. The number of benzene rings is 1. The van der Waals surface area contributed by atoms with Gasteiger partial charge in [0.05, 0.1) is 29.9 Å². The van der Waals surface area contributed by atoms with Gasteiger partial charge in [-0.25, -0.2) is 4.79 Å². The van der Waals surface area contributed by atoms with Crippen LogP contribution in [0.15, 0.2) is 41.5 Å². The standard InChI is InChI=1S/C50H68N2O10/c1-47(2,3)61-42(54)19-17-35(28-53)51-44(55)38-11-8-22-52(38)45(56)32-25-39(43-40(26-32)59-50(62-43,33-13-14-33)34-15-16-34)58-46(57)31-10-7-9-29(24-31)23-30-12-18-41-49(6,60-41)21-20-37-36(30)27-48(37,4)5/h7,9-10,23-24,26,33-41,43,53H,8,11-22,25,27-28H2,1-6H3,(H,51,55)/t35-,36+,37+,38+,39+,40+,41?,43-,49+/m0/s1. The van der Waals surface area contributed by atoms with Gasteiger partial charge in [-0.15, -0.1) is 0 Å². The van der Waals surface area contributed by atoms with Gasteiger partial charge in [-0.1, -0.05) is 37.6 Å². The van der Waals surface area contributed by atoms with E-state index in [-0.39, 0.29) is 55.1 Å². The van der Waals surface area contributed by atoms with Crippen LogP contribution >= 0.6 is 0 Å². The molecule has 3 heterocycles. The fraction of sp³-hybridized carbons (Fsp3) is 0.720. The van der Waals surface area contributed by atoms with Gasteiger partial charge < -0.3 is 39.0 Å². The van der Waals surface area contributed by atoms with Crippen LogP contribution in [0.2, 0.25) is 0 Å². The van der Waals surface area contributed by atoms with Gasteiger partial charge in [0.1, 0.15) is 30.0 Å². The molecule has 1 aromatic rings. The number of allylic oxidation sites excluding steroid dienone is 1. The van der Waals surface area contributed by atoms with E-state index in [0.717, 1.165) is 50.5 Å². The number of likely N-dealkylation sites (tertiary alicyclic amines) is 1. The van der Waals surface area contributed by atoms with Crippen LogP contribution in [0.25, 0.3) is 6.08 Å². The molecule has 12 heteroatoms. The lowest BCUT2D eigenvalue weighted by molar-refractivity contribution is -0.209. The van der Waals surface area contributed by atoms with Crippen molar-refractivity contribution in [3.63, 3.8) is 0 Å². The third kappa shape index (κ3) is 8.91. The average molecular weight is 857 g/mol. The molecule has 2 N–H and O–H groups in total. The van der Waals surface area contributed by atoms with E-state index >= 15 is 0 Å². The Morgan fingerprint density at radius 2 is 1.76 bits per heavy atom. The molecule has 4 saturated carbocycles. The van der Waals surface area contributed by atoms with E-state index < -0.39 is 53.7 Å². The molecule has 5 aliphatic carbocycles. The summed E-state index contributed by atoms with van der Waals surface area (Å²) in [7, 11) is 0. The Kier molecular flexibility index (Phi) is 11.6. The number of epoxide rings is 1. The lowest BCUT2D eigenvalue weighted by atomic mass is 9.52.